The number of carboxylic acid groups (broad SMARTS) is 1. The molecular formula is C13H23F6N3O3. The van der Waals surface area contributed by atoms with Crippen LogP contribution < -0.4 is 10.4 Å². The Morgan fingerprint density at radius 1 is 1.12 bits per heavy atom. The first-order valence-corrected chi connectivity index (χ1v) is 7.02. The van der Waals surface area contributed by atoms with E-state index >= 15 is 0 Å². The molecule has 0 aromatic heterocycles. The molecule has 1 amide bonds. The summed E-state index contributed by atoms with van der Waals surface area (Å²) in [7, 11) is 6.39. The number of rotatable bonds is 8. The maximum absolute atomic E-state index is 12.5. The average molecular weight is 383 g/mol. The molecule has 0 atom stereocenters. The fraction of sp³-hybridized carbons (Fsp3) is 0.846. The maximum Gasteiger partial charge on any atom is 0.463 e. The molecule has 0 saturated carbocycles. The van der Waals surface area contributed by atoms with Crippen molar-refractivity contribution in [3.05, 3.63) is 0 Å². The summed E-state index contributed by atoms with van der Waals surface area (Å²) in [6, 6.07) is 0. The number of hydrogen-bond acceptors (Lipinski definition) is 4. The maximum atomic E-state index is 12.5. The van der Waals surface area contributed by atoms with E-state index in [9.17, 15) is 41.0 Å². The molecule has 1 N–H and O–H groups in total. The lowest BCUT2D eigenvalue weighted by molar-refractivity contribution is -0.884. The van der Waals surface area contributed by atoms with Gasteiger partial charge in [-0.05, 0) is 14.1 Å². The smallest absolute Gasteiger partial charge is 0.463 e. The van der Waals surface area contributed by atoms with Crippen LogP contribution in [0.5, 0.6) is 0 Å². The molecule has 0 aliphatic carbocycles. The standard InChI is InChI=1S/C10H15F5N2O3.C3H8FN/c1-17(2,6-7(18)19)5-3-4-16-8(20)9(11,12)10(13,14)15;1-5(2)3-4/h3-6H2,1-2H3,(H-,16,18,19,20);3H2,1-2H3. The number of aliphatic carboxylic acids is 1. The van der Waals surface area contributed by atoms with E-state index in [1.807, 2.05) is 0 Å². The van der Waals surface area contributed by atoms with Crippen molar-refractivity contribution in [3.8, 4) is 0 Å². The van der Waals surface area contributed by atoms with Crippen molar-refractivity contribution in [2.24, 2.45) is 0 Å². The predicted molar refractivity (Wildman–Crippen MR) is 75.1 cm³/mol. The Bertz CT molecular complexity index is 428. The first-order valence-electron chi connectivity index (χ1n) is 7.02. The molecule has 0 unspecified atom stereocenters. The van der Waals surface area contributed by atoms with Crippen molar-refractivity contribution in [3.63, 3.8) is 0 Å². The summed E-state index contributed by atoms with van der Waals surface area (Å²) in [5.74, 6) is -9.18. The minimum atomic E-state index is -5.94. The third-order valence-corrected chi connectivity index (χ3v) is 2.66. The molecular weight excluding hydrogens is 360 g/mol. The Morgan fingerprint density at radius 2 is 1.56 bits per heavy atom. The van der Waals surface area contributed by atoms with E-state index in [0.717, 1.165) is 0 Å². The third kappa shape index (κ3) is 11.6. The zero-order valence-electron chi connectivity index (χ0n) is 14.4. The van der Waals surface area contributed by atoms with Crippen LogP contribution in [-0.2, 0) is 9.59 Å². The molecule has 150 valence electrons. The molecule has 0 saturated heterocycles. The van der Waals surface area contributed by atoms with Crippen LogP contribution in [-0.4, -0.2) is 88.0 Å². The molecule has 0 bridgehead atoms. The fourth-order valence-electron chi connectivity index (χ4n) is 1.38. The Balaban J connectivity index is 0. The van der Waals surface area contributed by atoms with Gasteiger partial charge in [0.15, 0.2) is 0 Å². The van der Waals surface area contributed by atoms with Crippen LogP contribution in [0.25, 0.3) is 0 Å². The third-order valence-electron chi connectivity index (χ3n) is 2.66. The molecule has 25 heavy (non-hydrogen) atoms. The van der Waals surface area contributed by atoms with E-state index in [1.165, 1.54) is 24.3 Å². The summed E-state index contributed by atoms with van der Waals surface area (Å²) in [5.41, 5.74) is 0. The van der Waals surface area contributed by atoms with E-state index in [0.29, 0.717) is 0 Å². The van der Waals surface area contributed by atoms with Crippen molar-refractivity contribution >= 4 is 11.9 Å². The van der Waals surface area contributed by atoms with Gasteiger partial charge in [-0.3, -0.25) is 9.69 Å². The van der Waals surface area contributed by atoms with Gasteiger partial charge in [0.2, 0.25) is 0 Å². The van der Waals surface area contributed by atoms with Crippen molar-refractivity contribution in [1.82, 2.24) is 10.2 Å². The van der Waals surface area contributed by atoms with E-state index in [4.69, 9.17) is 0 Å². The van der Waals surface area contributed by atoms with Gasteiger partial charge in [-0.1, -0.05) is 0 Å². The average Bonchev–Trinajstić information content (AvgIpc) is 2.41. The highest BCUT2D eigenvalue weighted by molar-refractivity contribution is 5.84. The van der Waals surface area contributed by atoms with Crippen LogP contribution in [0, 0.1) is 0 Å². The molecule has 0 rings (SSSR count). The Morgan fingerprint density at radius 3 is 1.88 bits per heavy atom. The molecule has 12 heteroatoms. The predicted octanol–water partition coefficient (Wildman–Crippen LogP) is -0.00840. The minimum Gasteiger partial charge on any atom is -0.544 e. The highest BCUT2D eigenvalue weighted by Crippen LogP contribution is 2.35. The monoisotopic (exact) mass is 383 g/mol. The van der Waals surface area contributed by atoms with Gasteiger partial charge in [-0.2, -0.15) is 22.0 Å². The van der Waals surface area contributed by atoms with Gasteiger partial charge in [-0.25, -0.2) is 4.39 Å². The summed E-state index contributed by atoms with van der Waals surface area (Å²) in [5, 5.41) is 11.9. The Hall–Kier alpha value is -1.56. The summed E-state index contributed by atoms with van der Waals surface area (Å²) in [4.78, 5) is 22.6. The minimum absolute atomic E-state index is 0.0416. The van der Waals surface area contributed by atoms with E-state index in [-0.39, 0.29) is 30.8 Å². The number of carboxylic acids is 1. The number of quaternary nitrogens is 1. The number of carbonyl (C=O) groups excluding carboxylic acids is 2. The van der Waals surface area contributed by atoms with Crippen LogP contribution in [0.4, 0.5) is 26.3 Å². The lowest BCUT2D eigenvalue weighted by atomic mass is 10.3. The van der Waals surface area contributed by atoms with Crippen LogP contribution in [0.1, 0.15) is 6.42 Å². The molecule has 0 radical (unpaired) electrons. The molecule has 0 heterocycles. The number of halogens is 6. The molecule has 0 fully saturated rings. The van der Waals surface area contributed by atoms with E-state index in [2.05, 4.69) is 0 Å². The summed E-state index contributed by atoms with van der Waals surface area (Å²) >= 11 is 0. The van der Waals surface area contributed by atoms with Crippen molar-refractivity contribution in [1.29, 1.82) is 0 Å². The molecule has 0 spiro atoms. The number of nitrogens with zero attached hydrogens (tertiary/aromatic N) is 2. The number of nitrogens with one attached hydrogen (secondary N) is 1. The SMILES string of the molecule is CN(C)CF.C[N+](C)(CCCNC(=O)C(F)(F)C(F)(F)F)CC(=O)[O-]. The molecule has 0 aliphatic heterocycles. The van der Waals surface area contributed by atoms with Gasteiger partial charge in [0.25, 0.3) is 5.91 Å². The quantitative estimate of drug-likeness (QED) is 0.277. The van der Waals surface area contributed by atoms with Crippen molar-refractivity contribution in [2.45, 2.75) is 18.5 Å². The van der Waals surface area contributed by atoms with Gasteiger partial charge in [-0.15, -0.1) is 0 Å². The lowest BCUT2D eigenvalue weighted by Crippen LogP contribution is -2.52. The molecule has 0 aliphatic rings. The van der Waals surface area contributed by atoms with Gasteiger partial charge < -0.3 is 19.7 Å². The van der Waals surface area contributed by atoms with Crippen molar-refractivity contribution in [2.75, 3.05) is 54.6 Å². The van der Waals surface area contributed by atoms with Gasteiger partial charge in [0.1, 0.15) is 13.3 Å². The number of hydrogen-bond donors (Lipinski definition) is 1. The van der Waals surface area contributed by atoms with Crippen LogP contribution >= 0.6 is 0 Å². The Kier molecular flexibility index (Phi) is 10.7. The highest BCUT2D eigenvalue weighted by atomic mass is 19.4. The second-order valence-electron chi connectivity index (χ2n) is 6.07. The topological polar surface area (TPSA) is 72.5 Å². The number of alkyl halides is 6. The second-order valence-corrected chi connectivity index (χ2v) is 6.07. The second kappa shape index (κ2) is 10.4. The molecule has 0 aromatic rings. The normalized spacial score (nSPS) is 12.4. The van der Waals surface area contributed by atoms with Crippen LogP contribution in [0.15, 0.2) is 0 Å². The van der Waals surface area contributed by atoms with Crippen molar-refractivity contribution < 1.29 is 45.5 Å². The van der Waals surface area contributed by atoms with Gasteiger partial charge >= 0.3 is 12.1 Å². The first kappa shape index (κ1) is 25.7. The number of amides is 1. The molecule has 6 nitrogen and oxygen atoms in total. The number of likely N-dealkylation sites (N-methyl/N-ethyl adjacent to an activating group) is 1. The zero-order valence-corrected chi connectivity index (χ0v) is 14.4. The van der Waals surface area contributed by atoms with Gasteiger partial charge in [0.05, 0.1) is 26.6 Å². The zero-order chi connectivity index (χ0) is 20.5. The lowest BCUT2D eigenvalue weighted by Gasteiger charge is -2.30. The Labute approximate surface area is 142 Å². The highest BCUT2D eigenvalue weighted by Gasteiger charge is 2.63. The summed E-state index contributed by atoms with van der Waals surface area (Å²) in [6.07, 6.45) is -5.90. The van der Waals surface area contributed by atoms with E-state index in [1.54, 1.807) is 14.1 Å². The van der Waals surface area contributed by atoms with Crippen LogP contribution in [0.3, 0.4) is 0 Å². The fourth-order valence-corrected chi connectivity index (χ4v) is 1.38. The van der Waals surface area contributed by atoms with Crippen LogP contribution in [0.2, 0.25) is 0 Å². The summed E-state index contributed by atoms with van der Waals surface area (Å²) < 4.78 is 71.6. The summed E-state index contributed by atoms with van der Waals surface area (Å²) in [6.45, 7) is -0.961. The van der Waals surface area contributed by atoms with Gasteiger partial charge in [0, 0.05) is 13.0 Å². The number of carbonyl (C=O) groups is 2. The molecule has 0 aromatic carbocycles. The first-order chi connectivity index (χ1) is 11.1. The van der Waals surface area contributed by atoms with E-state index < -0.39 is 30.5 Å². The largest absolute Gasteiger partial charge is 0.544 e.